The van der Waals surface area contributed by atoms with Crippen molar-refractivity contribution in [3.63, 3.8) is 0 Å². The molecule has 0 aromatic rings. The Morgan fingerprint density at radius 1 is 0.707 bits per heavy atom. The normalized spacial score (nSPS) is 45.4. The molecule has 3 aliphatic heterocycles. The Bertz CT molecular complexity index is 812. The van der Waals surface area contributed by atoms with Crippen LogP contribution in [0.2, 0.25) is 0 Å². The number of aliphatic hydroxyl groups is 9. The Labute approximate surface area is 235 Å². The number of ether oxygens (including phenoxy) is 6. The second-order valence-electron chi connectivity index (χ2n) is 10.1. The summed E-state index contributed by atoms with van der Waals surface area (Å²) in [6, 6.07) is -1.20. The van der Waals surface area contributed by atoms with Gasteiger partial charge in [-0.2, -0.15) is 0 Å². The highest BCUT2D eigenvalue weighted by Gasteiger charge is 2.54. The molecule has 3 saturated heterocycles. The highest BCUT2D eigenvalue weighted by Crippen LogP contribution is 2.32. The molecule has 3 aliphatic rings. The van der Waals surface area contributed by atoms with Gasteiger partial charge < -0.3 is 85.4 Å². The van der Waals surface area contributed by atoms with Gasteiger partial charge in [0.1, 0.15) is 73.2 Å². The zero-order valence-corrected chi connectivity index (χ0v) is 22.4. The zero-order chi connectivity index (χ0) is 30.4. The highest BCUT2D eigenvalue weighted by molar-refractivity contribution is 5.73. The van der Waals surface area contributed by atoms with E-state index in [2.05, 4.69) is 5.32 Å². The molecule has 18 nitrogen and oxygen atoms in total. The molecule has 0 aromatic carbocycles. The lowest BCUT2D eigenvalue weighted by molar-refractivity contribution is -0.376. The average Bonchev–Trinajstić information content (AvgIpc) is 2.95. The predicted octanol–water partition coefficient (Wildman–Crippen LogP) is -7.06. The minimum atomic E-state index is -1.90. The Morgan fingerprint density at radius 3 is 1.80 bits per heavy atom. The number of nitrogens with two attached hydrogens (primary N) is 1. The van der Waals surface area contributed by atoms with Gasteiger partial charge in [-0.25, -0.2) is 0 Å². The number of aliphatic hydroxyl groups excluding tert-OH is 9. The molecule has 15 atom stereocenters. The van der Waals surface area contributed by atoms with E-state index in [1.807, 2.05) is 0 Å². The van der Waals surface area contributed by atoms with E-state index >= 15 is 0 Å². The van der Waals surface area contributed by atoms with E-state index < -0.39 is 118 Å². The Kier molecular flexibility index (Phi) is 13.0. The fourth-order valence-corrected chi connectivity index (χ4v) is 4.86. The van der Waals surface area contributed by atoms with Crippen LogP contribution in [0.4, 0.5) is 0 Å². The molecule has 12 N–H and O–H groups in total. The van der Waals surface area contributed by atoms with Crippen LogP contribution in [0.25, 0.3) is 0 Å². The fraction of sp³-hybridized carbons (Fsp3) is 0.957. The second kappa shape index (κ2) is 15.5. The Morgan fingerprint density at radius 2 is 1.24 bits per heavy atom. The molecule has 18 heteroatoms. The van der Waals surface area contributed by atoms with Crippen molar-refractivity contribution in [1.82, 2.24) is 5.32 Å². The van der Waals surface area contributed by atoms with Gasteiger partial charge in [0.05, 0.1) is 26.4 Å². The quantitative estimate of drug-likeness (QED) is 0.0925. The molecule has 3 heterocycles. The summed E-state index contributed by atoms with van der Waals surface area (Å²) in [6.07, 6.45) is -22.1. The van der Waals surface area contributed by atoms with Gasteiger partial charge in [0.15, 0.2) is 18.9 Å². The molecular weight excluding hydrogens is 560 g/mol. The number of nitrogens with one attached hydrogen (secondary N) is 1. The summed E-state index contributed by atoms with van der Waals surface area (Å²) in [4.78, 5) is 11.8. The first-order chi connectivity index (χ1) is 19.5. The lowest BCUT2D eigenvalue weighted by Crippen LogP contribution is -2.68. The first-order valence-corrected chi connectivity index (χ1v) is 13.3. The number of rotatable bonds is 12. The molecule has 240 valence electrons. The summed E-state index contributed by atoms with van der Waals surface area (Å²) in [7, 11) is 0. The van der Waals surface area contributed by atoms with E-state index in [1.54, 1.807) is 0 Å². The third-order valence-corrected chi connectivity index (χ3v) is 7.11. The molecular formula is C23H42N2O16. The maximum atomic E-state index is 11.8. The van der Waals surface area contributed by atoms with Crippen LogP contribution in [0.5, 0.6) is 0 Å². The Hall–Kier alpha value is -1.17. The molecule has 0 bridgehead atoms. The van der Waals surface area contributed by atoms with Crippen molar-refractivity contribution < 1.29 is 79.2 Å². The third kappa shape index (κ3) is 7.87. The van der Waals surface area contributed by atoms with Crippen molar-refractivity contribution in [2.75, 3.05) is 33.0 Å². The molecule has 3 rings (SSSR count). The number of carbonyl (C=O) groups is 1. The number of hydrogen-bond donors (Lipinski definition) is 11. The lowest BCUT2D eigenvalue weighted by Gasteiger charge is -2.48. The van der Waals surface area contributed by atoms with Crippen LogP contribution >= 0.6 is 0 Å². The molecule has 0 radical (unpaired) electrons. The van der Waals surface area contributed by atoms with Gasteiger partial charge in [-0.05, 0) is 13.0 Å². The van der Waals surface area contributed by atoms with E-state index in [0.29, 0.717) is 13.0 Å². The summed E-state index contributed by atoms with van der Waals surface area (Å²) in [5.74, 6) is -0.545. The largest absolute Gasteiger partial charge is 0.394 e. The van der Waals surface area contributed by atoms with Crippen LogP contribution in [0.15, 0.2) is 0 Å². The first-order valence-electron chi connectivity index (χ1n) is 13.3. The summed E-state index contributed by atoms with van der Waals surface area (Å²) < 4.78 is 33.4. The fourth-order valence-electron chi connectivity index (χ4n) is 4.86. The summed E-state index contributed by atoms with van der Waals surface area (Å²) >= 11 is 0. The van der Waals surface area contributed by atoms with Gasteiger partial charge in [-0.1, -0.05) is 0 Å². The summed E-state index contributed by atoms with van der Waals surface area (Å²) in [5.41, 5.74) is 5.48. The predicted molar refractivity (Wildman–Crippen MR) is 130 cm³/mol. The smallest absolute Gasteiger partial charge is 0.217 e. The molecule has 0 spiro atoms. The molecule has 41 heavy (non-hydrogen) atoms. The van der Waals surface area contributed by atoms with Crippen LogP contribution in [0, 0.1) is 0 Å². The SMILES string of the molecule is CC(=O)N[C@H]1[C@H](OCCCN)O[C@H](CO)[C@@H](O[C@@H]2O[C@H](CO)[C@H](O)[C@H](O[C@H]3O[C@H](CO)[C@H](O)[C@H](O)[C@H]3O)[C@H]2O)[C@@H]1O. The summed E-state index contributed by atoms with van der Waals surface area (Å²) in [6.45, 7) is -0.656. The summed E-state index contributed by atoms with van der Waals surface area (Å²) in [5, 5.41) is 94.9. The van der Waals surface area contributed by atoms with E-state index in [9.17, 15) is 50.8 Å². The van der Waals surface area contributed by atoms with Crippen molar-refractivity contribution in [2.24, 2.45) is 5.73 Å². The molecule has 3 fully saturated rings. The molecule has 0 aliphatic carbocycles. The van der Waals surface area contributed by atoms with Gasteiger partial charge in [-0.15, -0.1) is 0 Å². The van der Waals surface area contributed by atoms with Crippen LogP contribution < -0.4 is 11.1 Å². The van der Waals surface area contributed by atoms with E-state index in [-0.39, 0.29) is 6.61 Å². The zero-order valence-electron chi connectivity index (χ0n) is 22.4. The van der Waals surface area contributed by atoms with E-state index in [1.165, 1.54) is 6.92 Å². The van der Waals surface area contributed by atoms with Crippen LogP contribution in [-0.2, 0) is 33.2 Å². The van der Waals surface area contributed by atoms with Crippen molar-refractivity contribution >= 4 is 5.91 Å². The maximum Gasteiger partial charge on any atom is 0.217 e. The van der Waals surface area contributed by atoms with Gasteiger partial charge in [-0.3, -0.25) is 4.79 Å². The number of hydrogen-bond acceptors (Lipinski definition) is 17. The minimum Gasteiger partial charge on any atom is -0.394 e. The van der Waals surface area contributed by atoms with E-state index in [0.717, 1.165) is 0 Å². The molecule has 0 saturated carbocycles. The maximum absolute atomic E-state index is 11.8. The molecule has 1 amide bonds. The molecule has 0 unspecified atom stereocenters. The standard InChI is InChI=1S/C23H42N2O16/c1-8(29)25-12-15(32)19(11(7-28)39-21(12)36-4-2-3-24)40-23-18(35)20(14(31)10(6-27)38-23)41-22-17(34)16(33)13(30)9(5-26)37-22/h9-23,26-28,30-35H,2-7,24H2,1H3,(H,25,29)/t9-,10-,11-,12-,13+,14+,15-,16+,17-,18-,19-,20+,21-,22-,23+/m1/s1. The van der Waals surface area contributed by atoms with Gasteiger partial charge >= 0.3 is 0 Å². The van der Waals surface area contributed by atoms with Crippen molar-refractivity contribution in [1.29, 1.82) is 0 Å². The number of amides is 1. The van der Waals surface area contributed by atoms with Crippen LogP contribution in [0.3, 0.4) is 0 Å². The van der Waals surface area contributed by atoms with Crippen molar-refractivity contribution in [3.05, 3.63) is 0 Å². The van der Waals surface area contributed by atoms with Gasteiger partial charge in [0.2, 0.25) is 5.91 Å². The van der Waals surface area contributed by atoms with Crippen LogP contribution in [-0.4, -0.2) is 177 Å². The minimum absolute atomic E-state index is 0.116. The van der Waals surface area contributed by atoms with E-state index in [4.69, 9.17) is 34.2 Å². The molecule has 0 aromatic heterocycles. The lowest BCUT2D eigenvalue weighted by atomic mass is 9.95. The Balaban J connectivity index is 1.80. The van der Waals surface area contributed by atoms with Crippen molar-refractivity contribution in [2.45, 2.75) is 105 Å². The number of carbonyl (C=O) groups excluding carboxylic acids is 1. The van der Waals surface area contributed by atoms with Crippen LogP contribution in [0.1, 0.15) is 13.3 Å². The second-order valence-corrected chi connectivity index (χ2v) is 10.1. The monoisotopic (exact) mass is 602 g/mol. The van der Waals surface area contributed by atoms with Gasteiger partial charge in [0, 0.05) is 6.92 Å². The third-order valence-electron chi connectivity index (χ3n) is 7.11. The van der Waals surface area contributed by atoms with Gasteiger partial charge in [0.25, 0.3) is 0 Å². The average molecular weight is 603 g/mol. The van der Waals surface area contributed by atoms with Crippen molar-refractivity contribution in [3.8, 4) is 0 Å². The highest BCUT2D eigenvalue weighted by atomic mass is 16.8. The topological polar surface area (TPSA) is 293 Å². The first kappa shape index (κ1) is 34.3.